The van der Waals surface area contributed by atoms with Crippen molar-refractivity contribution in [2.75, 3.05) is 0 Å². The molecule has 0 bridgehead atoms. The Morgan fingerprint density at radius 1 is 1.26 bits per heavy atom. The molecule has 0 amide bonds. The van der Waals surface area contributed by atoms with E-state index in [-0.39, 0.29) is 17.8 Å². The summed E-state index contributed by atoms with van der Waals surface area (Å²) in [5, 5.41) is 15.2. The van der Waals surface area contributed by atoms with E-state index in [4.69, 9.17) is 0 Å². The van der Waals surface area contributed by atoms with Crippen LogP contribution in [-0.4, -0.2) is 24.1 Å². The van der Waals surface area contributed by atoms with E-state index in [1.807, 2.05) is 19.1 Å². The van der Waals surface area contributed by atoms with Gasteiger partial charge in [0, 0.05) is 11.8 Å². The summed E-state index contributed by atoms with van der Waals surface area (Å²) in [4.78, 5) is 27.3. The van der Waals surface area contributed by atoms with E-state index in [0.29, 0.717) is 22.7 Å². The fourth-order valence-corrected chi connectivity index (χ4v) is 2.70. The molecule has 3 rings (SSSR count). The summed E-state index contributed by atoms with van der Waals surface area (Å²) in [7, 11) is 0. The Bertz CT molecular complexity index is 987. The first-order valence-electron chi connectivity index (χ1n) is 7.05. The third kappa shape index (κ3) is 2.48. The molecule has 0 aliphatic carbocycles. The summed E-state index contributed by atoms with van der Waals surface area (Å²) in [6, 6.07) is 6.85. The van der Waals surface area contributed by atoms with Gasteiger partial charge in [-0.15, -0.1) is 0 Å². The second-order valence-electron chi connectivity index (χ2n) is 5.38. The normalized spacial score (nSPS) is 11.1. The van der Waals surface area contributed by atoms with Gasteiger partial charge < -0.3 is 0 Å². The van der Waals surface area contributed by atoms with Crippen molar-refractivity contribution in [1.82, 2.24) is 19.2 Å². The van der Waals surface area contributed by atoms with Crippen molar-refractivity contribution in [3.63, 3.8) is 0 Å². The van der Waals surface area contributed by atoms with Crippen molar-refractivity contribution in [1.29, 1.82) is 0 Å². The molecule has 0 aliphatic heterocycles. The molecule has 0 aliphatic rings. The molecule has 0 spiro atoms. The highest BCUT2D eigenvalue weighted by molar-refractivity contribution is 5.41. The average Bonchev–Trinajstić information content (AvgIpc) is 2.73. The molecule has 0 saturated heterocycles. The van der Waals surface area contributed by atoms with Gasteiger partial charge in [-0.05, 0) is 32.9 Å². The zero-order valence-corrected chi connectivity index (χ0v) is 13.0. The zero-order valence-electron chi connectivity index (χ0n) is 13.0. The maximum absolute atomic E-state index is 12.3. The molecule has 118 valence electrons. The Balaban J connectivity index is 2.08. The molecule has 0 radical (unpaired) electrons. The number of nitrogens with zero attached hydrogens (tertiary/aromatic N) is 5. The van der Waals surface area contributed by atoms with Gasteiger partial charge in [-0.2, -0.15) is 5.10 Å². The number of aromatic nitrogens is 4. The molecule has 0 atom stereocenters. The lowest BCUT2D eigenvalue weighted by molar-refractivity contribution is -0.386. The number of hydrogen-bond acceptors (Lipinski definition) is 5. The SMILES string of the molecule is Cc1nn(Cc2cc(=O)n3c(C)cccc3n2)c(C)c1[N+](=O)[O-]. The summed E-state index contributed by atoms with van der Waals surface area (Å²) in [6.07, 6.45) is 0. The van der Waals surface area contributed by atoms with Crippen LogP contribution in [0.25, 0.3) is 5.65 Å². The molecule has 8 nitrogen and oxygen atoms in total. The van der Waals surface area contributed by atoms with Crippen LogP contribution in [0.4, 0.5) is 5.69 Å². The molecule has 8 heteroatoms. The number of fused-ring (bicyclic) bond motifs is 1. The van der Waals surface area contributed by atoms with Gasteiger partial charge >= 0.3 is 5.69 Å². The Morgan fingerprint density at radius 3 is 2.65 bits per heavy atom. The molecule has 3 heterocycles. The Hall–Kier alpha value is -3.03. The molecule has 0 saturated carbocycles. The number of nitro groups is 1. The lowest BCUT2D eigenvalue weighted by atomic mass is 10.3. The van der Waals surface area contributed by atoms with Gasteiger partial charge in [0.1, 0.15) is 17.0 Å². The Kier molecular flexibility index (Phi) is 3.44. The molecule has 0 N–H and O–H groups in total. The molecule has 0 aromatic carbocycles. The van der Waals surface area contributed by atoms with E-state index in [1.165, 1.54) is 15.1 Å². The third-order valence-electron chi connectivity index (χ3n) is 3.77. The second kappa shape index (κ2) is 5.31. The van der Waals surface area contributed by atoms with E-state index in [1.54, 1.807) is 19.9 Å². The third-order valence-corrected chi connectivity index (χ3v) is 3.77. The number of pyridine rings is 1. The Morgan fingerprint density at radius 2 is 2.00 bits per heavy atom. The van der Waals surface area contributed by atoms with Gasteiger partial charge in [-0.3, -0.25) is 24.0 Å². The highest BCUT2D eigenvalue weighted by Crippen LogP contribution is 2.22. The molecular formula is C15H15N5O3. The summed E-state index contributed by atoms with van der Waals surface area (Å²) < 4.78 is 3.02. The van der Waals surface area contributed by atoms with E-state index in [2.05, 4.69) is 10.1 Å². The first-order chi connectivity index (χ1) is 10.9. The van der Waals surface area contributed by atoms with Crippen LogP contribution >= 0.6 is 0 Å². The first kappa shape index (κ1) is 14.9. The van der Waals surface area contributed by atoms with Gasteiger partial charge in [0.05, 0.1) is 17.2 Å². The van der Waals surface area contributed by atoms with Crippen molar-refractivity contribution in [3.8, 4) is 0 Å². The summed E-state index contributed by atoms with van der Waals surface area (Å²) in [5.41, 5.74) is 2.47. The van der Waals surface area contributed by atoms with E-state index in [0.717, 1.165) is 5.69 Å². The molecule has 3 aromatic rings. The minimum atomic E-state index is -0.444. The molecular weight excluding hydrogens is 298 g/mol. The van der Waals surface area contributed by atoms with Crippen LogP contribution < -0.4 is 5.56 Å². The van der Waals surface area contributed by atoms with Crippen molar-refractivity contribution in [2.45, 2.75) is 27.3 Å². The van der Waals surface area contributed by atoms with E-state index < -0.39 is 4.92 Å². The van der Waals surface area contributed by atoms with Crippen LogP contribution in [0, 0.1) is 30.9 Å². The van der Waals surface area contributed by atoms with Crippen LogP contribution in [0.1, 0.15) is 22.8 Å². The van der Waals surface area contributed by atoms with Gasteiger partial charge in [-0.25, -0.2) is 4.98 Å². The predicted molar refractivity (Wildman–Crippen MR) is 83.7 cm³/mol. The number of hydrogen-bond donors (Lipinski definition) is 0. The Labute approximate surface area is 131 Å². The summed E-state index contributed by atoms with van der Waals surface area (Å²) in [6.45, 7) is 5.27. The summed E-state index contributed by atoms with van der Waals surface area (Å²) >= 11 is 0. The average molecular weight is 313 g/mol. The van der Waals surface area contributed by atoms with Crippen LogP contribution in [0.2, 0.25) is 0 Å². The van der Waals surface area contributed by atoms with E-state index in [9.17, 15) is 14.9 Å². The van der Waals surface area contributed by atoms with Gasteiger partial charge in [0.25, 0.3) is 5.56 Å². The quantitative estimate of drug-likeness (QED) is 0.542. The van der Waals surface area contributed by atoms with E-state index >= 15 is 0 Å². The second-order valence-corrected chi connectivity index (χ2v) is 5.38. The van der Waals surface area contributed by atoms with Crippen LogP contribution in [0.3, 0.4) is 0 Å². The summed E-state index contributed by atoms with van der Waals surface area (Å²) in [5.74, 6) is 0. The monoisotopic (exact) mass is 313 g/mol. The van der Waals surface area contributed by atoms with Gasteiger partial charge in [0.2, 0.25) is 0 Å². The maximum atomic E-state index is 12.3. The highest BCUT2D eigenvalue weighted by atomic mass is 16.6. The lowest BCUT2D eigenvalue weighted by Gasteiger charge is -2.07. The molecule has 3 aromatic heterocycles. The maximum Gasteiger partial charge on any atom is 0.312 e. The number of aryl methyl sites for hydroxylation is 2. The number of rotatable bonds is 3. The fraction of sp³-hybridized carbons (Fsp3) is 0.267. The predicted octanol–water partition coefficient (Wildman–Crippen LogP) is 1.77. The van der Waals surface area contributed by atoms with Crippen LogP contribution in [-0.2, 0) is 6.54 Å². The van der Waals surface area contributed by atoms with Crippen molar-refractivity contribution >= 4 is 11.3 Å². The van der Waals surface area contributed by atoms with Crippen molar-refractivity contribution in [2.24, 2.45) is 0 Å². The zero-order chi connectivity index (χ0) is 16.7. The van der Waals surface area contributed by atoms with Gasteiger partial charge in [-0.1, -0.05) is 6.07 Å². The smallest absolute Gasteiger partial charge is 0.269 e. The first-order valence-corrected chi connectivity index (χ1v) is 7.05. The molecule has 23 heavy (non-hydrogen) atoms. The molecule has 0 unspecified atom stereocenters. The van der Waals surface area contributed by atoms with Crippen LogP contribution in [0.5, 0.6) is 0 Å². The standard InChI is InChI=1S/C15H15N5O3/c1-9-5-4-6-13-16-12(7-14(21)19(9)13)8-18-11(3)15(20(22)23)10(2)17-18/h4-7H,8H2,1-3H3. The van der Waals surface area contributed by atoms with Crippen LogP contribution in [0.15, 0.2) is 29.1 Å². The molecule has 0 fully saturated rings. The lowest BCUT2D eigenvalue weighted by Crippen LogP contribution is -2.19. The van der Waals surface area contributed by atoms with Crippen molar-refractivity contribution < 1.29 is 4.92 Å². The largest absolute Gasteiger partial charge is 0.312 e. The minimum absolute atomic E-state index is 0.00152. The van der Waals surface area contributed by atoms with Crippen molar-refractivity contribution in [3.05, 3.63) is 67.5 Å². The highest BCUT2D eigenvalue weighted by Gasteiger charge is 2.22. The topological polar surface area (TPSA) is 95.3 Å². The fourth-order valence-electron chi connectivity index (χ4n) is 2.70. The minimum Gasteiger partial charge on any atom is -0.269 e. The van der Waals surface area contributed by atoms with Gasteiger partial charge in [0.15, 0.2) is 0 Å².